The van der Waals surface area contributed by atoms with Crippen molar-refractivity contribution in [3.8, 4) is 0 Å². The van der Waals surface area contributed by atoms with Gasteiger partial charge in [0.1, 0.15) is 5.70 Å². The summed E-state index contributed by atoms with van der Waals surface area (Å²) < 4.78 is 0. The first kappa shape index (κ1) is 22.0. The second-order valence-corrected chi connectivity index (χ2v) is 7.74. The molecule has 5 nitrogen and oxygen atoms in total. The van der Waals surface area contributed by atoms with E-state index in [0.717, 1.165) is 16.7 Å². The number of amides is 2. The molecule has 31 heavy (non-hydrogen) atoms. The minimum Gasteiger partial charge on any atom is -0.347 e. The third-order valence-electron chi connectivity index (χ3n) is 4.90. The summed E-state index contributed by atoms with van der Waals surface area (Å²) in [6.07, 6.45) is 5.06. The summed E-state index contributed by atoms with van der Waals surface area (Å²) in [7, 11) is 0. The van der Waals surface area contributed by atoms with Crippen LogP contribution in [-0.4, -0.2) is 16.8 Å². The fourth-order valence-corrected chi connectivity index (χ4v) is 2.98. The highest BCUT2D eigenvalue weighted by atomic mass is 16.2. The molecule has 0 unspecified atom stereocenters. The first-order valence-corrected chi connectivity index (χ1v) is 10.3. The molecule has 2 amide bonds. The molecule has 0 bridgehead atoms. The molecule has 1 heterocycles. The zero-order valence-electron chi connectivity index (χ0n) is 18.1. The Labute approximate surface area is 183 Å². The zero-order valence-corrected chi connectivity index (χ0v) is 18.1. The molecule has 0 fully saturated rings. The molecule has 0 atom stereocenters. The van der Waals surface area contributed by atoms with Crippen LogP contribution in [-0.2, 0) is 11.3 Å². The van der Waals surface area contributed by atoms with Crippen molar-refractivity contribution in [3.05, 3.63) is 107 Å². The van der Waals surface area contributed by atoms with Gasteiger partial charge in [0, 0.05) is 24.5 Å². The van der Waals surface area contributed by atoms with Crippen LogP contribution in [0.25, 0.3) is 6.08 Å². The minimum atomic E-state index is -0.364. The molecule has 3 aromatic rings. The van der Waals surface area contributed by atoms with E-state index in [9.17, 15) is 9.59 Å². The normalized spacial score (nSPS) is 11.3. The zero-order chi connectivity index (χ0) is 22.2. The molecule has 0 spiro atoms. The summed E-state index contributed by atoms with van der Waals surface area (Å²) in [6, 6.07) is 18.9. The molecular formula is C26H27N3O2. The molecule has 0 aliphatic heterocycles. The van der Waals surface area contributed by atoms with E-state index in [1.165, 1.54) is 5.56 Å². The van der Waals surface area contributed by atoms with Gasteiger partial charge < -0.3 is 10.6 Å². The fourth-order valence-electron chi connectivity index (χ4n) is 2.98. The summed E-state index contributed by atoms with van der Waals surface area (Å²) in [5, 5.41) is 5.62. The standard InChI is InChI=1S/C26H27N3O2/c1-18(2)22-12-8-20(9-13-22)15-24(26(31)28-17-21-5-4-14-27-16-21)29-25(30)23-10-6-19(3)7-11-23/h4-16,18H,17H2,1-3H3,(H,28,31)(H,29,30)/b24-15+. The van der Waals surface area contributed by atoms with Gasteiger partial charge >= 0.3 is 0 Å². The maximum atomic E-state index is 12.9. The van der Waals surface area contributed by atoms with Gasteiger partial charge in [-0.25, -0.2) is 0 Å². The number of carbonyl (C=O) groups excluding carboxylic acids is 2. The van der Waals surface area contributed by atoms with E-state index in [-0.39, 0.29) is 17.5 Å². The van der Waals surface area contributed by atoms with Gasteiger partial charge in [0.15, 0.2) is 0 Å². The predicted octanol–water partition coefficient (Wildman–Crippen LogP) is 4.60. The quantitative estimate of drug-likeness (QED) is 0.556. The van der Waals surface area contributed by atoms with Crippen molar-refractivity contribution in [2.24, 2.45) is 0 Å². The average molecular weight is 414 g/mol. The van der Waals surface area contributed by atoms with Gasteiger partial charge in [-0.2, -0.15) is 0 Å². The van der Waals surface area contributed by atoms with Crippen molar-refractivity contribution in [1.82, 2.24) is 15.6 Å². The predicted molar refractivity (Wildman–Crippen MR) is 123 cm³/mol. The number of pyridine rings is 1. The lowest BCUT2D eigenvalue weighted by Crippen LogP contribution is -2.34. The number of hydrogen-bond acceptors (Lipinski definition) is 3. The Kier molecular flexibility index (Phi) is 7.33. The highest BCUT2D eigenvalue weighted by molar-refractivity contribution is 6.05. The monoisotopic (exact) mass is 413 g/mol. The number of nitrogens with zero attached hydrogens (tertiary/aromatic N) is 1. The number of carbonyl (C=O) groups is 2. The van der Waals surface area contributed by atoms with Crippen molar-refractivity contribution in [2.45, 2.75) is 33.2 Å². The molecule has 0 saturated carbocycles. The molecular weight excluding hydrogens is 386 g/mol. The lowest BCUT2D eigenvalue weighted by Gasteiger charge is -2.12. The van der Waals surface area contributed by atoms with Gasteiger partial charge in [0.25, 0.3) is 11.8 Å². The van der Waals surface area contributed by atoms with Crippen molar-refractivity contribution in [2.75, 3.05) is 0 Å². The van der Waals surface area contributed by atoms with Crippen LogP contribution in [0.15, 0.2) is 78.8 Å². The number of aryl methyl sites for hydroxylation is 1. The van der Waals surface area contributed by atoms with Gasteiger partial charge in [-0.15, -0.1) is 0 Å². The first-order valence-electron chi connectivity index (χ1n) is 10.3. The van der Waals surface area contributed by atoms with Crippen LogP contribution in [0.1, 0.15) is 52.4 Å². The van der Waals surface area contributed by atoms with Crippen LogP contribution in [0.4, 0.5) is 0 Å². The van der Waals surface area contributed by atoms with Crippen LogP contribution in [0.2, 0.25) is 0 Å². The molecule has 0 radical (unpaired) electrons. The molecule has 3 rings (SSSR count). The van der Waals surface area contributed by atoms with Crippen LogP contribution >= 0.6 is 0 Å². The van der Waals surface area contributed by atoms with E-state index in [1.807, 2.05) is 55.5 Å². The summed E-state index contributed by atoms with van der Waals surface area (Å²) in [5.41, 5.74) is 4.66. The number of benzene rings is 2. The molecule has 0 aliphatic carbocycles. The smallest absolute Gasteiger partial charge is 0.268 e. The average Bonchev–Trinajstić information content (AvgIpc) is 2.78. The second-order valence-electron chi connectivity index (χ2n) is 7.74. The van der Waals surface area contributed by atoms with Gasteiger partial charge in [-0.3, -0.25) is 14.6 Å². The lowest BCUT2D eigenvalue weighted by molar-refractivity contribution is -0.117. The number of nitrogens with one attached hydrogen (secondary N) is 2. The minimum absolute atomic E-state index is 0.187. The van der Waals surface area contributed by atoms with Crippen LogP contribution in [0, 0.1) is 6.92 Å². The van der Waals surface area contributed by atoms with Crippen LogP contribution in [0.5, 0.6) is 0 Å². The highest BCUT2D eigenvalue weighted by Crippen LogP contribution is 2.16. The first-order chi connectivity index (χ1) is 14.9. The van der Waals surface area contributed by atoms with Crippen molar-refractivity contribution >= 4 is 17.9 Å². The van der Waals surface area contributed by atoms with Crippen molar-refractivity contribution in [1.29, 1.82) is 0 Å². The SMILES string of the molecule is Cc1ccc(C(=O)N/C(=C/c2ccc(C(C)C)cc2)C(=O)NCc2cccnc2)cc1. The van der Waals surface area contributed by atoms with E-state index in [0.29, 0.717) is 18.0 Å². The van der Waals surface area contributed by atoms with Crippen LogP contribution in [0.3, 0.4) is 0 Å². The Hall–Kier alpha value is -3.73. The van der Waals surface area contributed by atoms with E-state index in [4.69, 9.17) is 0 Å². The molecule has 5 heteroatoms. The Bertz CT molecular complexity index is 1050. The summed E-state index contributed by atoms with van der Waals surface area (Å²) >= 11 is 0. The van der Waals surface area contributed by atoms with E-state index < -0.39 is 0 Å². The molecule has 1 aromatic heterocycles. The highest BCUT2D eigenvalue weighted by Gasteiger charge is 2.15. The topological polar surface area (TPSA) is 71.1 Å². The largest absolute Gasteiger partial charge is 0.347 e. The molecule has 2 aromatic carbocycles. The summed E-state index contributed by atoms with van der Waals surface area (Å²) in [6.45, 7) is 6.53. The number of aromatic nitrogens is 1. The lowest BCUT2D eigenvalue weighted by atomic mass is 10.0. The molecule has 2 N–H and O–H groups in total. The number of rotatable bonds is 7. The van der Waals surface area contributed by atoms with Gasteiger partial charge in [0.05, 0.1) is 0 Å². The van der Waals surface area contributed by atoms with E-state index in [2.05, 4.69) is 29.5 Å². The third kappa shape index (κ3) is 6.37. The third-order valence-corrected chi connectivity index (χ3v) is 4.90. The van der Waals surface area contributed by atoms with Gasteiger partial charge in [-0.1, -0.05) is 61.9 Å². The Morgan fingerprint density at radius 1 is 1.00 bits per heavy atom. The fraction of sp³-hybridized carbons (Fsp3) is 0.192. The molecule has 0 saturated heterocycles. The Morgan fingerprint density at radius 3 is 2.32 bits per heavy atom. The van der Waals surface area contributed by atoms with Crippen molar-refractivity contribution in [3.63, 3.8) is 0 Å². The van der Waals surface area contributed by atoms with Crippen LogP contribution < -0.4 is 10.6 Å². The van der Waals surface area contributed by atoms with Gasteiger partial charge in [-0.05, 0) is 53.8 Å². The van der Waals surface area contributed by atoms with E-state index in [1.54, 1.807) is 30.6 Å². The second kappa shape index (κ2) is 10.3. The Balaban J connectivity index is 1.82. The Morgan fingerprint density at radius 2 is 1.71 bits per heavy atom. The van der Waals surface area contributed by atoms with Gasteiger partial charge in [0.2, 0.25) is 0 Å². The summed E-state index contributed by atoms with van der Waals surface area (Å²) in [4.78, 5) is 29.7. The molecule has 158 valence electrons. The summed E-state index contributed by atoms with van der Waals surface area (Å²) in [5.74, 6) is -0.277. The maximum Gasteiger partial charge on any atom is 0.268 e. The molecule has 0 aliphatic rings. The van der Waals surface area contributed by atoms with E-state index >= 15 is 0 Å². The maximum absolute atomic E-state index is 12.9. The number of hydrogen-bond donors (Lipinski definition) is 2. The van der Waals surface area contributed by atoms with Crippen molar-refractivity contribution < 1.29 is 9.59 Å².